The smallest absolute Gasteiger partial charge is 0.219 e. The van der Waals surface area contributed by atoms with Crippen molar-refractivity contribution in [3.63, 3.8) is 0 Å². The molecule has 1 heterocycles. The van der Waals surface area contributed by atoms with E-state index in [9.17, 15) is 5.11 Å². The number of hydrogen-bond donors (Lipinski definition) is 1. The third-order valence-corrected chi connectivity index (χ3v) is 2.32. The van der Waals surface area contributed by atoms with E-state index in [1.54, 1.807) is 26.1 Å². The molecule has 1 rings (SSSR count). The van der Waals surface area contributed by atoms with Crippen LogP contribution in [0.15, 0.2) is 18.3 Å². The van der Waals surface area contributed by atoms with Crippen molar-refractivity contribution < 1.29 is 9.84 Å². The van der Waals surface area contributed by atoms with E-state index in [4.69, 9.17) is 4.74 Å². The van der Waals surface area contributed by atoms with Crippen molar-refractivity contribution in [2.45, 2.75) is 45.8 Å². The lowest BCUT2D eigenvalue weighted by Gasteiger charge is -2.22. The topological polar surface area (TPSA) is 42.4 Å². The Kier molecular flexibility index (Phi) is 3.69. The molecule has 3 heteroatoms. The SMILES string of the molecule is CCC(C)Oc1ncccc1C(C)(C)O. The first-order chi connectivity index (χ1) is 6.95. The lowest BCUT2D eigenvalue weighted by Crippen LogP contribution is -2.20. The molecule has 15 heavy (non-hydrogen) atoms. The largest absolute Gasteiger partial charge is 0.474 e. The van der Waals surface area contributed by atoms with E-state index in [-0.39, 0.29) is 6.10 Å². The van der Waals surface area contributed by atoms with Gasteiger partial charge in [0.25, 0.3) is 0 Å². The zero-order valence-corrected chi connectivity index (χ0v) is 9.82. The highest BCUT2D eigenvalue weighted by Crippen LogP contribution is 2.27. The summed E-state index contributed by atoms with van der Waals surface area (Å²) >= 11 is 0. The fourth-order valence-electron chi connectivity index (χ4n) is 1.22. The number of hydrogen-bond acceptors (Lipinski definition) is 3. The Balaban J connectivity index is 2.97. The average molecular weight is 209 g/mol. The first-order valence-corrected chi connectivity index (χ1v) is 5.29. The van der Waals surface area contributed by atoms with Crippen molar-refractivity contribution in [3.8, 4) is 5.88 Å². The van der Waals surface area contributed by atoms with E-state index in [0.717, 1.165) is 12.0 Å². The molecule has 1 atom stereocenters. The molecule has 0 aromatic carbocycles. The molecule has 0 fully saturated rings. The number of aromatic nitrogens is 1. The second-order valence-electron chi connectivity index (χ2n) is 4.25. The number of pyridine rings is 1. The molecule has 0 saturated heterocycles. The van der Waals surface area contributed by atoms with Crippen molar-refractivity contribution in [1.82, 2.24) is 4.98 Å². The predicted molar refractivity (Wildman–Crippen MR) is 59.9 cm³/mol. The second kappa shape index (κ2) is 4.62. The minimum absolute atomic E-state index is 0.112. The molecule has 3 nitrogen and oxygen atoms in total. The molecule has 0 bridgehead atoms. The van der Waals surface area contributed by atoms with Gasteiger partial charge in [-0.3, -0.25) is 0 Å². The molecule has 84 valence electrons. The maximum atomic E-state index is 9.94. The molecule has 0 amide bonds. The Morgan fingerprint density at radius 2 is 2.20 bits per heavy atom. The minimum atomic E-state index is -0.920. The van der Waals surface area contributed by atoms with Crippen molar-refractivity contribution in [3.05, 3.63) is 23.9 Å². The molecule has 1 unspecified atom stereocenters. The van der Waals surface area contributed by atoms with E-state index in [1.165, 1.54) is 0 Å². The van der Waals surface area contributed by atoms with Crippen molar-refractivity contribution in [1.29, 1.82) is 0 Å². The first kappa shape index (κ1) is 12.0. The molecule has 0 aliphatic carbocycles. The van der Waals surface area contributed by atoms with Crippen molar-refractivity contribution in [2.24, 2.45) is 0 Å². The maximum Gasteiger partial charge on any atom is 0.219 e. The van der Waals surface area contributed by atoms with E-state index in [1.807, 2.05) is 13.0 Å². The predicted octanol–water partition coefficient (Wildman–Crippen LogP) is 2.49. The Morgan fingerprint density at radius 1 is 1.53 bits per heavy atom. The average Bonchev–Trinajstić information content (AvgIpc) is 2.17. The maximum absolute atomic E-state index is 9.94. The van der Waals surface area contributed by atoms with Gasteiger partial charge in [0, 0.05) is 11.8 Å². The van der Waals surface area contributed by atoms with E-state index < -0.39 is 5.60 Å². The minimum Gasteiger partial charge on any atom is -0.474 e. The number of ether oxygens (including phenoxy) is 1. The highest BCUT2D eigenvalue weighted by atomic mass is 16.5. The van der Waals surface area contributed by atoms with Gasteiger partial charge in [-0.05, 0) is 39.3 Å². The third kappa shape index (κ3) is 3.20. The number of nitrogens with zero attached hydrogens (tertiary/aromatic N) is 1. The van der Waals surface area contributed by atoms with Gasteiger partial charge in [0.1, 0.15) is 0 Å². The highest BCUT2D eigenvalue weighted by molar-refractivity contribution is 5.30. The zero-order valence-electron chi connectivity index (χ0n) is 9.82. The summed E-state index contributed by atoms with van der Waals surface area (Å²) in [5.41, 5.74) is -0.192. The molecule has 0 aliphatic heterocycles. The third-order valence-electron chi connectivity index (χ3n) is 2.32. The van der Waals surface area contributed by atoms with Gasteiger partial charge in [0.2, 0.25) is 5.88 Å². The van der Waals surface area contributed by atoms with Crippen molar-refractivity contribution in [2.75, 3.05) is 0 Å². The fraction of sp³-hybridized carbons (Fsp3) is 0.583. The van der Waals surface area contributed by atoms with Crippen LogP contribution in [0, 0.1) is 0 Å². The van der Waals surface area contributed by atoms with E-state index in [2.05, 4.69) is 11.9 Å². The van der Waals surface area contributed by atoms with Crippen LogP contribution >= 0.6 is 0 Å². The second-order valence-corrected chi connectivity index (χ2v) is 4.25. The Labute approximate surface area is 91.1 Å². The number of aliphatic hydroxyl groups is 1. The first-order valence-electron chi connectivity index (χ1n) is 5.29. The van der Waals surface area contributed by atoms with Crippen LogP contribution < -0.4 is 4.74 Å². The van der Waals surface area contributed by atoms with Crippen LogP contribution in [0.25, 0.3) is 0 Å². The molecule has 1 N–H and O–H groups in total. The van der Waals surface area contributed by atoms with Gasteiger partial charge in [0.15, 0.2) is 0 Å². The Morgan fingerprint density at radius 3 is 2.73 bits per heavy atom. The molecule has 0 saturated carbocycles. The molecule has 1 aromatic heterocycles. The summed E-state index contributed by atoms with van der Waals surface area (Å²) in [7, 11) is 0. The monoisotopic (exact) mass is 209 g/mol. The van der Waals surface area contributed by atoms with Crippen LogP contribution in [0.2, 0.25) is 0 Å². The van der Waals surface area contributed by atoms with Gasteiger partial charge in [-0.15, -0.1) is 0 Å². The lowest BCUT2D eigenvalue weighted by atomic mass is 10.00. The van der Waals surface area contributed by atoms with Crippen LogP contribution in [0.5, 0.6) is 5.88 Å². The van der Waals surface area contributed by atoms with E-state index in [0.29, 0.717) is 5.88 Å². The molecule has 0 radical (unpaired) electrons. The summed E-state index contributed by atoms with van der Waals surface area (Å²) in [5, 5.41) is 9.94. The summed E-state index contributed by atoms with van der Waals surface area (Å²) in [6, 6.07) is 3.64. The molecule has 1 aromatic rings. The standard InChI is InChI=1S/C12H19NO2/c1-5-9(2)15-11-10(12(3,4)14)7-6-8-13-11/h6-9,14H,5H2,1-4H3. The quantitative estimate of drug-likeness (QED) is 0.828. The van der Waals surface area contributed by atoms with Gasteiger partial charge in [-0.1, -0.05) is 6.92 Å². The van der Waals surface area contributed by atoms with Gasteiger partial charge < -0.3 is 9.84 Å². The highest BCUT2D eigenvalue weighted by Gasteiger charge is 2.22. The van der Waals surface area contributed by atoms with Gasteiger partial charge in [-0.25, -0.2) is 4.98 Å². The normalized spacial score (nSPS) is 13.7. The summed E-state index contributed by atoms with van der Waals surface area (Å²) in [4.78, 5) is 4.15. The summed E-state index contributed by atoms with van der Waals surface area (Å²) < 4.78 is 5.65. The summed E-state index contributed by atoms with van der Waals surface area (Å²) in [6.07, 6.45) is 2.70. The Bertz CT molecular complexity index is 318. The van der Waals surface area contributed by atoms with Crippen LogP contribution in [-0.2, 0) is 5.60 Å². The van der Waals surface area contributed by atoms with Crippen LogP contribution in [-0.4, -0.2) is 16.2 Å². The molecular weight excluding hydrogens is 190 g/mol. The van der Waals surface area contributed by atoms with E-state index >= 15 is 0 Å². The van der Waals surface area contributed by atoms with Crippen LogP contribution in [0.1, 0.15) is 39.7 Å². The summed E-state index contributed by atoms with van der Waals surface area (Å²) in [6.45, 7) is 7.50. The van der Waals surface area contributed by atoms with Crippen molar-refractivity contribution >= 4 is 0 Å². The van der Waals surface area contributed by atoms with Crippen LogP contribution in [0.3, 0.4) is 0 Å². The molecule has 0 aliphatic rings. The van der Waals surface area contributed by atoms with Gasteiger partial charge >= 0.3 is 0 Å². The number of rotatable bonds is 4. The lowest BCUT2D eigenvalue weighted by molar-refractivity contribution is 0.0713. The fourth-order valence-corrected chi connectivity index (χ4v) is 1.22. The van der Waals surface area contributed by atoms with Gasteiger partial charge in [-0.2, -0.15) is 0 Å². The Hall–Kier alpha value is -1.09. The van der Waals surface area contributed by atoms with Crippen LogP contribution in [0.4, 0.5) is 0 Å². The molecule has 0 spiro atoms. The van der Waals surface area contributed by atoms with Gasteiger partial charge in [0.05, 0.1) is 11.7 Å². The molecular formula is C12H19NO2. The summed E-state index contributed by atoms with van der Waals surface area (Å²) in [5.74, 6) is 0.527. The zero-order chi connectivity index (χ0) is 11.5.